The first-order valence-electron chi connectivity index (χ1n) is 6.99. The molecule has 0 aliphatic heterocycles. The highest BCUT2D eigenvalue weighted by atomic mass is 35.5. The minimum atomic E-state index is -0.146. The number of ether oxygens (including phenoxy) is 2. The van der Waals surface area contributed by atoms with Crippen LogP contribution in [0.15, 0.2) is 18.2 Å². The predicted molar refractivity (Wildman–Crippen MR) is 85.6 cm³/mol. The van der Waals surface area contributed by atoms with Crippen molar-refractivity contribution in [2.45, 2.75) is 20.3 Å². The summed E-state index contributed by atoms with van der Waals surface area (Å²) in [5.74, 6) is 0.368. The molecule has 0 aliphatic carbocycles. The monoisotopic (exact) mass is 314 g/mol. The van der Waals surface area contributed by atoms with Crippen LogP contribution >= 0.6 is 11.6 Å². The van der Waals surface area contributed by atoms with Gasteiger partial charge >= 0.3 is 0 Å². The van der Waals surface area contributed by atoms with Crippen molar-refractivity contribution >= 4 is 28.9 Å². The van der Waals surface area contributed by atoms with Gasteiger partial charge in [-0.3, -0.25) is 4.79 Å². The molecule has 0 unspecified atom stereocenters. The van der Waals surface area contributed by atoms with Crippen LogP contribution in [-0.4, -0.2) is 32.3 Å². The summed E-state index contributed by atoms with van der Waals surface area (Å²) in [6, 6.07) is 4.95. The first-order chi connectivity index (χ1) is 9.99. The smallest absolute Gasteiger partial charge is 0.226 e. The van der Waals surface area contributed by atoms with Crippen molar-refractivity contribution in [3.63, 3.8) is 0 Å². The van der Waals surface area contributed by atoms with E-state index in [4.69, 9.17) is 26.8 Å². The number of halogens is 1. The molecule has 0 bridgehead atoms. The topological polar surface area (TPSA) is 73.6 Å². The number of benzene rings is 1. The summed E-state index contributed by atoms with van der Waals surface area (Å²) in [7, 11) is 0. The lowest BCUT2D eigenvalue weighted by molar-refractivity contribution is -0.117. The zero-order valence-electron chi connectivity index (χ0n) is 12.5. The van der Waals surface area contributed by atoms with Crippen molar-refractivity contribution in [2.75, 3.05) is 37.5 Å². The SMILES string of the molecule is CC(C)COCCOCCC(=O)Nc1ccc(Cl)cc1N. The van der Waals surface area contributed by atoms with E-state index in [1.165, 1.54) is 0 Å². The maximum Gasteiger partial charge on any atom is 0.226 e. The van der Waals surface area contributed by atoms with Gasteiger partial charge in [0, 0.05) is 11.6 Å². The lowest BCUT2D eigenvalue weighted by Gasteiger charge is -2.09. The lowest BCUT2D eigenvalue weighted by Crippen LogP contribution is -2.16. The number of amides is 1. The van der Waals surface area contributed by atoms with Gasteiger partial charge in [-0.15, -0.1) is 0 Å². The van der Waals surface area contributed by atoms with Crippen molar-refractivity contribution in [2.24, 2.45) is 5.92 Å². The van der Waals surface area contributed by atoms with Crippen molar-refractivity contribution in [3.8, 4) is 0 Å². The van der Waals surface area contributed by atoms with E-state index >= 15 is 0 Å². The molecule has 0 aromatic heterocycles. The van der Waals surface area contributed by atoms with Gasteiger partial charge in [-0.1, -0.05) is 25.4 Å². The van der Waals surface area contributed by atoms with Gasteiger partial charge in [0.15, 0.2) is 0 Å². The first-order valence-corrected chi connectivity index (χ1v) is 7.37. The standard InChI is InChI=1S/C15H23ClN2O3/c1-11(2)10-21-8-7-20-6-5-15(19)18-14-4-3-12(16)9-13(14)17/h3-4,9,11H,5-8,10,17H2,1-2H3,(H,18,19). The highest BCUT2D eigenvalue weighted by Crippen LogP contribution is 2.22. The molecule has 1 amide bonds. The second-order valence-electron chi connectivity index (χ2n) is 5.11. The van der Waals surface area contributed by atoms with E-state index in [2.05, 4.69) is 19.2 Å². The third-order valence-corrected chi connectivity index (χ3v) is 2.82. The van der Waals surface area contributed by atoms with Crippen LogP contribution in [0.1, 0.15) is 20.3 Å². The van der Waals surface area contributed by atoms with Gasteiger partial charge in [-0.05, 0) is 24.1 Å². The van der Waals surface area contributed by atoms with Crippen LogP contribution < -0.4 is 11.1 Å². The molecule has 6 heteroatoms. The molecule has 0 heterocycles. The Labute approximate surface area is 130 Å². The number of carbonyl (C=O) groups is 1. The molecule has 0 saturated heterocycles. The molecule has 1 aromatic carbocycles. The van der Waals surface area contributed by atoms with Gasteiger partial charge in [-0.25, -0.2) is 0 Å². The Balaban J connectivity index is 2.14. The maximum atomic E-state index is 11.7. The minimum Gasteiger partial charge on any atom is -0.397 e. The molecular formula is C15H23ClN2O3. The molecule has 3 N–H and O–H groups in total. The van der Waals surface area contributed by atoms with Crippen LogP contribution in [0.5, 0.6) is 0 Å². The third-order valence-electron chi connectivity index (χ3n) is 2.58. The van der Waals surface area contributed by atoms with Crippen molar-refractivity contribution in [1.82, 2.24) is 0 Å². The summed E-state index contributed by atoms with van der Waals surface area (Å²) in [5, 5.41) is 3.26. The second-order valence-corrected chi connectivity index (χ2v) is 5.55. The fraction of sp³-hybridized carbons (Fsp3) is 0.533. The van der Waals surface area contributed by atoms with Crippen LogP contribution in [0.2, 0.25) is 5.02 Å². The number of nitrogens with one attached hydrogen (secondary N) is 1. The highest BCUT2D eigenvalue weighted by Gasteiger charge is 2.05. The summed E-state index contributed by atoms with van der Waals surface area (Å²) >= 11 is 5.79. The largest absolute Gasteiger partial charge is 0.397 e. The van der Waals surface area contributed by atoms with Crippen molar-refractivity contribution < 1.29 is 14.3 Å². The van der Waals surface area contributed by atoms with Gasteiger partial charge in [0.2, 0.25) is 5.91 Å². The Bertz CT molecular complexity index is 453. The van der Waals surface area contributed by atoms with E-state index in [9.17, 15) is 4.79 Å². The van der Waals surface area contributed by atoms with Gasteiger partial charge in [-0.2, -0.15) is 0 Å². The zero-order chi connectivity index (χ0) is 15.7. The maximum absolute atomic E-state index is 11.7. The molecule has 0 atom stereocenters. The average Bonchev–Trinajstić information content (AvgIpc) is 2.40. The number of hydrogen-bond donors (Lipinski definition) is 2. The number of rotatable bonds is 9. The molecule has 5 nitrogen and oxygen atoms in total. The Morgan fingerprint density at radius 3 is 2.67 bits per heavy atom. The molecule has 1 rings (SSSR count). The number of carbonyl (C=O) groups excluding carboxylic acids is 1. The highest BCUT2D eigenvalue weighted by molar-refractivity contribution is 6.31. The molecule has 1 aromatic rings. The molecule has 0 saturated carbocycles. The predicted octanol–water partition coefficient (Wildman–Crippen LogP) is 2.94. The van der Waals surface area contributed by atoms with Gasteiger partial charge in [0.25, 0.3) is 0 Å². The molecule has 0 spiro atoms. The van der Waals surface area contributed by atoms with Crippen LogP contribution in [0.3, 0.4) is 0 Å². The Hall–Kier alpha value is -1.30. The summed E-state index contributed by atoms with van der Waals surface area (Å²) < 4.78 is 10.7. The molecule has 118 valence electrons. The van der Waals surface area contributed by atoms with Crippen molar-refractivity contribution in [1.29, 1.82) is 0 Å². The Morgan fingerprint density at radius 2 is 2.00 bits per heavy atom. The van der Waals surface area contributed by atoms with Crippen LogP contribution in [0.4, 0.5) is 11.4 Å². The summed E-state index contributed by atoms with van der Waals surface area (Å²) in [5.41, 5.74) is 6.76. The third kappa shape index (κ3) is 7.90. The molecule has 21 heavy (non-hydrogen) atoms. The first kappa shape index (κ1) is 17.8. The van der Waals surface area contributed by atoms with Gasteiger partial charge < -0.3 is 20.5 Å². The molecule has 0 radical (unpaired) electrons. The molecule has 0 fully saturated rings. The van der Waals surface area contributed by atoms with Gasteiger partial charge in [0.05, 0.1) is 37.6 Å². The van der Waals surface area contributed by atoms with Crippen molar-refractivity contribution in [3.05, 3.63) is 23.2 Å². The number of nitrogen functional groups attached to an aromatic ring is 1. The average molecular weight is 315 g/mol. The fourth-order valence-corrected chi connectivity index (χ4v) is 1.74. The summed E-state index contributed by atoms with van der Waals surface area (Å²) in [6.07, 6.45) is 0.270. The lowest BCUT2D eigenvalue weighted by atomic mass is 10.2. The quantitative estimate of drug-likeness (QED) is 0.543. The van der Waals surface area contributed by atoms with E-state index in [1.807, 2.05) is 0 Å². The van der Waals surface area contributed by atoms with Gasteiger partial charge in [0.1, 0.15) is 0 Å². The summed E-state index contributed by atoms with van der Waals surface area (Å²) in [6.45, 7) is 6.29. The minimum absolute atomic E-state index is 0.146. The van der Waals surface area contributed by atoms with E-state index in [1.54, 1.807) is 18.2 Å². The van der Waals surface area contributed by atoms with E-state index in [0.717, 1.165) is 6.61 Å². The number of nitrogens with two attached hydrogens (primary N) is 1. The van der Waals surface area contributed by atoms with Crippen LogP contribution in [0, 0.1) is 5.92 Å². The summed E-state index contributed by atoms with van der Waals surface area (Å²) in [4.78, 5) is 11.7. The normalized spacial score (nSPS) is 10.9. The molecular weight excluding hydrogens is 292 g/mol. The molecule has 0 aliphatic rings. The fourth-order valence-electron chi connectivity index (χ4n) is 1.56. The van der Waals surface area contributed by atoms with Crippen LogP contribution in [-0.2, 0) is 14.3 Å². The second kappa shape index (κ2) is 9.60. The zero-order valence-corrected chi connectivity index (χ0v) is 13.3. The van der Waals surface area contributed by atoms with Crippen LogP contribution in [0.25, 0.3) is 0 Å². The Morgan fingerprint density at radius 1 is 1.29 bits per heavy atom. The van der Waals surface area contributed by atoms with E-state index in [-0.39, 0.29) is 12.3 Å². The number of anilines is 2. The Kier molecular flexibility index (Phi) is 8.12. The van der Waals surface area contributed by atoms with E-state index in [0.29, 0.717) is 42.1 Å². The van der Waals surface area contributed by atoms with E-state index < -0.39 is 0 Å². The number of hydrogen-bond acceptors (Lipinski definition) is 4.